The summed E-state index contributed by atoms with van der Waals surface area (Å²) < 4.78 is 10.9. The molecule has 3 rings (SSSR count). The maximum absolute atomic E-state index is 5.87. The molecule has 30 heavy (non-hydrogen) atoms. The van der Waals surface area contributed by atoms with E-state index >= 15 is 0 Å². The fourth-order valence-electron chi connectivity index (χ4n) is 3.06. The summed E-state index contributed by atoms with van der Waals surface area (Å²) in [7, 11) is 3.44. The maximum Gasteiger partial charge on any atom is 0.191 e. The number of aliphatic imine (C=N–C) groups is 1. The van der Waals surface area contributed by atoms with Crippen LogP contribution in [0.2, 0.25) is 0 Å². The quantitative estimate of drug-likeness (QED) is 0.203. The number of benzene rings is 2. The number of para-hydroxylation sites is 1. The second-order valence-corrected chi connectivity index (χ2v) is 6.72. The van der Waals surface area contributed by atoms with Crippen LogP contribution < -0.4 is 15.4 Å². The number of hydrogen-bond acceptors (Lipinski definition) is 4. The number of guanidine groups is 1. The Balaban J connectivity index is 0.00000320. The summed E-state index contributed by atoms with van der Waals surface area (Å²) in [6, 6.07) is 16.4. The molecule has 0 aliphatic rings. The molecule has 3 aromatic rings. The minimum absolute atomic E-state index is 0. The molecule has 7 heteroatoms. The Morgan fingerprint density at radius 3 is 2.53 bits per heavy atom. The average molecular weight is 520 g/mol. The van der Waals surface area contributed by atoms with Gasteiger partial charge in [0.25, 0.3) is 0 Å². The average Bonchev–Trinajstić information content (AvgIpc) is 2.75. The first kappa shape index (κ1) is 23.9. The van der Waals surface area contributed by atoms with Crippen LogP contribution in [0, 0.1) is 6.92 Å². The molecule has 0 spiro atoms. The van der Waals surface area contributed by atoms with E-state index in [0.29, 0.717) is 26.3 Å². The van der Waals surface area contributed by atoms with Crippen molar-refractivity contribution < 1.29 is 9.47 Å². The molecule has 0 aliphatic heterocycles. The van der Waals surface area contributed by atoms with Crippen molar-refractivity contribution in [3.63, 3.8) is 0 Å². The lowest BCUT2D eigenvalue weighted by Gasteiger charge is -2.16. The van der Waals surface area contributed by atoms with Gasteiger partial charge in [-0.1, -0.05) is 30.3 Å². The van der Waals surface area contributed by atoms with Gasteiger partial charge in [0, 0.05) is 44.4 Å². The summed E-state index contributed by atoms with van der Waals surface area (Å²) in [6.07, 6.45) is 1.84. The largest absolute Gasteiger partial charge is 0.491 e. The van der Waals surface area contributed by atoms with Gasteiger partial charge in [-0.15, -0.1) is 24.0 Å². The number of nitrogens with zero attached hydrogens (tertiary/aromatic N) is 2. The number of halogens is 1. The number of nitrogens with one attached hydrogen (secondary N) is 2. The van der Waals surface area contributed by atoms with Crippen LogP contribution in [0.15, 0.2) is 59.7 Å². The highest BCUT2D eigenvalue weighted by atomic mass is 127. The van der Waals surface area contributed by atoms with Crippen LogP contribution in [-0.4, -0.2) is 38.3 Å². The molecule has 2 N–H and O–H groups in total. The highest BCUT2D eigenvalue weighted by Crippen LogP contribution is 2.20. The number of rotatable bonds is 8. The van der Waals surface area contributed by atoms with E-state index in [4.69, 9.17) is 9.47 Å². The van der Waals surface area contributed by atoms with Crippen molar-refractivity contribution in [2.75, 3.05) is 27.4 Å². The van der Waals surface area contributed by atoms with E-state index in [0.717, 1.165) is 33.7 Å². The van der Waals surface area contributed by atoms with Crippen molar-refractivity contribution in [3.05, 3.63) is 71.4 Å². The minimum atomic E-state index is 0. The van der Waals surface area contributed by atoms with Gasteiger partial charge in [-0.2, -0.15) is 0 Å². The van der Waals surface area contributed by atoms with Crippen LogP contribution in [0.4, 0.5) is 0 Å². The molecule has 0 atom stereocenters. The van der Waals surface area contributed by atoms with Gasteiger partial charge in [-0.05, 0) is 36.2 Å². The number of pyridine rings is 1. The van der Waals surface area contributed by atoms with Gasteiger partial charge in [0.15, 0.2) is 5.96 Å². The molecule has 0 saturated carbocycles. The van der Waals surface area contributed by atoms with E-state index in [9.17, 15) is 0 Å². The van der Waals surface area contributed by atoms with E-state index in [-0.39, 0.29) is 24.0 Å². The Kier molecular flexibility index (Phi) is 9.82. The zero-order valence-corrected chi connectivity index (χ0v) is 20.0. The summed E-state index contributed by atoms with van der Waals surface area (Å²) in [5.41, 5.74) is 4.40. The Bertz CT molecular complexity index is 973. The van der Waals surface area contributed by atoms with Crippen molar-refractivity contribution in [1.82, 2.24) is 15.6 Å². The number of fused-ring (bicyclic) bond motifs is 1. The number of methoxy groups -OCH3 is 1. The van der Waals surface area contributed by atoms with Crippen molar-refractivity contribution in [1.29, 1.82) is 0 Å². The molecule has 0 aliphatic carbocycles. The molecule has 6 nitrogen and oxygen atoms in total. The van der Waals surface area contributed by atoms with Crippen LogP contribution >= 0.6 is 24.0 Å². The summed E-state index contributed by atoms with van der Waals surface area (Å²) in [6.45, 7) is 4.41. The molecule has 1 aromatic heterocycles. The molecule has 160 valence electrons. The second-order valence-electron chi connectivity index (χ2n) is 6.72. The van der Waals surface area contributed by atoms with E-state index < -0.39 is 0 Å². The van der Waals surface area contributed by atoms with Gasteiger partial charge in [-0.3, -0.25) is 9.98 Å². The molecule has 0 unspecified atom stereocenters. The van der Waals surface area contributed by atoms with Crippen LogP contribution in [0.25, 0.3) is 10.9 Å². The topological polar surface area (TPSA) is 67.8 Å². The van der Waals surface area contributed by atoms with E-state index in [1.165, 1.54) is 5.56 Å². The Morgan fingerprint density at radius 2 is 1.77 bits per heavy atom. The summed E-state index contributed by atoms with van der Waals surface area (Å²) in [5.74, 6) is 1.60. The van der Waals surface area contributed by atoms with Crippen molar-refractivity contribution >= 4 is 40.8 Å². The minimum Gasteiger partial charge on any atom is -0.491 e. The summed E-state index contributed by atoms with van der Waals surface area (Å²) in [4.78, 5) is 8.75. The number of aromatic nitrogens is 1. The number of hydrogen-bond donors (Lipinski definition) is 2. The molecule has 1 heterocycles. The van der Waals surface area contributed by atoms with E-state index in [2.05, 4.69) is 45.7 Å². The smallest absolute Gasteiger partial charge is 0.191 e. The zero-order valence-electron chi connectivity index (χ0n) is 17.6. The lowest BCUT2D eigenvalue weighted by atomic mass is 10.1. The molecule has 0 amide bonds. The van der Waals surface area contributed by atoms with Gasteiger partial charge in [0.2, 0.25) is 0 Å². The third-order valence-corrected chi connectivity index (χ3v) is 4.62. The first-order chi connectivity index (χ1) is 14.2. The molecule has 0 radical (unpaired) electrons. The third kappa shape index (κ3) is 6.56. The van der Waals surface area contributed by atoms with Crippen LogP contribution in [0.3, 0.4) is 0 Å². The fraction of sp³-hybridized carbons (Fsp3) is 0.304. The normalized spacial score (nSPS) is 11.1. The highest BCUT2D eigenvalue weighted by molar-refractivity contribution is 14.0. The van der Waals surface area contributed by atoms with Gasteiger partial charge >= 0.3 is 0 Å². The Labute approximate surface area is 195 Å². The highest BCUT2D eigenvalue weighted by Gasteiger charge is 2.07. The first-order valence-corrected chi connectivity index (χ1v) is 9.69. The van der Waals surface area contributed by atoms with Crippen molar-refractivity contribution in [2.45, 2.75) is 20.0 Å². The Hall–Kier alpha value is -2.39. The lowest BCUT2D eigenvalue weighted by molar-refractivity contribution is 0.145. The third-order valence-electron chi connectivity index (χ3n) is 4.62. The monoisotopic (exact) mass is 520 g/mol. The van der Waals surface area contributed by atoms with Crippen molar-refractivity contribution in [2.24, 2.45) is 4.99 Å². The number of aryl methyl sites for hydroxylation is 1. The van der Waals surface area contributed by atoms with Gasteiger partial charge < -0.3 is 20.1 Å². The molecule has 0 fully saturated rings. The predicted octanol–water partition coefficient (Wildman–Crippen LogP) is 4.05. The van der Waals surface area contributed by atoms with E-state index in [1.54, 1.807) is 14.2 Å². The summed E-state index contributed by atoms with van der Waals surface area (Å²) >= 11 is 0. The second kappa shape index (κ2) is 12.3. The predicted molar refractivity (Wildman–Crippen MR) is 133 cm³/mol. The zero-order chi connectivity index (χ0) is 20.5. The Morgan fingerprint density at radius 1 is 1.00 bits per heavy atom. The number of ether oxygens (including phenoxy) is 2. The van der Waals surface area contributed by atoms with E-state index in [1.807, 2.05) is 36.5 Å². The van der Waals surface area contributed by atoms with Crippen LogP contribution in [-0.2, 0) is 17.8 Å². The summed E-state index contributed by atoms with van der Waals surface area (Å²) in [5, 5.41) is 7.89. The fourth-order valence-corrected chi connectivity index (χ4v) is 3.06. The van der Waals surface area contributed by atoms with Crippen molar-refractivity contribution in [3.8, 4) is 5.75 Å². The lowest BCUT2D eigenvalue weighted by Crippen LogP contribution is -2.36. The van der Waals surface area contributed by atoms with Crippen LogP contribution in [0.1, 0.15) is 16.7 Å². The van der Waals surface area contributed by atoms with Gasteiger partial charge in [0.1, 0.15) is 12.4 Å². The van der Waals surface area contributed by atoms with Gasteiger partial charge in [0.05, 0.1) is 12.1 Å². The standard InChI is InChI=1S/C23H28N4O2.HI/c1-17-8-9-19(22(14-17)29-13-12-28-3)16-27-23(24-2)26-15-18-10-11-25-21-7-5-4-6-20(18)21;/h4-11,14H,12-13,15-16H2,1-3H3,(H2,24,26,27);1H. The molecule has 2 aromatic carbocycles. The molecular weight excluding hydrogens is 491 g/mol. The SMILES string of the molecule is CN=C(NCc1ccc(C)cc1OCCOC)NCc1ccnc2ccccc12.I. The van der Waals surface area contributed by atoms with Crippen LogP contribution in [0.5, 0.6) is 5.75 Å². The molecule has 0 bridgehead atoms. The maximum atomic E-state index is 5.87. The van der Waals surface area contributed by atoms with Gasteiger partial charge in [-0.25, -0.2) is 0 Å². The molecule has 0 saturated heterocycles. The first-order valence-electron chi connectivity index (χ1n) is 9.69. The molecular formula is C23H29IN4O2.